The predicted octanol–water partition coefficient (Wildman–Crippen LogP) is 3.01. The van der Waals surface area contributed by atoms with Crippen LogP contribution in [0.25, 0.3) is 0 Å². The van der Waals surface area contributed by atoms with E-state index in [-0.39, 0.29) is 11.6 Å². The molecule has 1 amide bonds. The van der Waals surface area contributed by atoms with E-state index in [2.05, 4.69) is 5.32 Å². The highest BCUT2D eigenvalue weighted by Crippen LogP contribution is 2.20. The third kappa shape index (κ3) is 4.44. The van der Waals surface area contributed by atoms with Crippen molar-refractivity contribution in [3.8, 4) is 11.5 Å². The number of methoxy groups -OCH3 is 1. The molecule has 0 radical (unpaired) electrons. The molecule has 0 aliphatic heterocycles. The first-order valence-corrected chi connectivity index (χ1v) is 6.85. The Hall–Kier alpha value is -3.09. The number of anilines is 1. The summed E-state index contributed by atoms with van der Waals surface area (Å²) < 4.78 is 10.6. The van der Waals surface area contributed by atoms with Crippen LogP contribution >= 0.6 is 0 Å². The van der Waals surface area contributed by atoms with E-state index in [1.165, 1.54) is 24.3 Å². The number of hydrogen-bond donors (Lipinski definition) is 1. The average molecular weight is 316 g/mol. The molecule has 2 rings (SSSR count). The topological polar surface area (TPSA) is 90.7 Å². The molecule has 1 N–H and O–H groups in total. The first kappa shape index (κ1) is 16.3. The molecule has 2 aromatic carbocycles. The summed E-state index contributed by atoms with van der Waals surface area (Å²) in [5.41, 5.74) is 0.555. The zero-order valence-corrected chi connectivity index (χ0v) is 12.7. The minimum atomic E-state index is -0.761. The number of hydrogen-bond acceptors (Lipinski definition) is 5. The van der Waals surface area contributed by atoms with E-state index in [1.807, 2.05) is 0 Å². The second-order valence-corrected chi connectivity index (χ2v) is 4.73. The van der Waals surface area contributed by atoms with Crippen LogP contribution in [0.1, 0.15) is 6.92 Å². The standard InChI is InChI=1S/C16H16N2O5/c1-11(23-14-8-6-13(7-9-14)18(20)21)16(19)17-12-4-3-5-15(10-12)22-2/h3-11H,1-2H3,(H,17,19)/t11-/m0/s1. The van der Waals surface area contributed by atoms with E-state index in [4.69, 9.17) is 9.47 Å². The molecule has 0 fully saturated rings. The lowest BCUT2D eigenvalue weighted by atomic mass is 10.2. The molecular weight excluding hydrogens is 300 g/mol. The van der Waals surface area contributed by atoms with E-state index < -0.39 is 11.0 Å². The van der Waals surface area contributed by atoms with Gasteiger partial charge in [-0.25, -0.2) is 0 Å². The molecule has 7 heteroatoms. The Bertz CT molecular complexity index is 700. The molecule has 0 aromatic heterocycles. The van der Waals surface area contributed by atoms with Gasteiger partial charge in [-0.3, -0.25) is 14.9 Å². The number of carbonyl (C=O) groups is 1. The summed E-state index contributed by atoms with van der Waals surface area (Å²) in [6, 6.07) is 12.5. The van der Waals surface area contributed by atoms with Gasteiger partial charge < -0.3 is 14.8 Å². The lowest BCUT2D eigenvalue weighted by molar-refractivity contribution is -0.384. The highest BCUT2D eigenvalue weighted by Gasteiger charge is 2.15. The first-order chi connectivity index (χ1) is 11.0. The monoisotopic (exact) mass is 316 g/mol. The van der Waals surface area contributed by atoms with Crippen molar-refractivity contribution < 1.29 is 19.2 Å². The highest BCUT2D eigenvalue weighted by atomic mass is 16.6. The molecule has 0 saturated heterocycles. The maximum atomic E-state index is 12.1. The lowest BCUT2D eigenvalue weighted by Crippen LogP contribution is -2.30. The van der Waals surface area contributed by atoms with Crippen LogP contribution in [0.2, 0.25) is 0 Å². The fourth-order valence-corrected chi connectivity index (χ4v) is 1.85. The van der Waals surface area contributed by atoms with Crippen LogP contribution in [0.15, 0.2) is 48.5 Å². The van der Waals surface area contributed by atoms with Gasteiger partial charge in [0, 0.05) is 23.9 Å². The van der Waals surface area contributed by atoms with E-state index in [9.17, 15) is 14.9 Å². The second-order valence-electron chi connectivity index (χ2n) is 4.73. The predicted molar refractivity (Wildman–Crippen MR) is 84.8 cm³/mol. The largest absolute Gasteiger partial charge is 0.497 e. The summed E-state index contributed by atoms with van der Waals surface area (Å²) in [4.78, 5) is 22.2. The van der Waals surface area contributed by atoms with Gasteiger partial charge in [0.25, 0.3) is 11.6 Å². The maximum absolute atomic E-state index is 12.1. The zero-order valence-electron chi connectivity index (χ0n) is 12.7. The van der Waals surface area contributed by atoms with Gasteiger partial charge in [-0.15, -0.1) is 0 Å². The Kier molecular flexibility index (Phi) is 5.14. The van der Waals surface area contributed by atoms with Gasteiger partial charge in [0.05, 0.1) is 12.0 Å². The molecule has 0 bridgehead atoms. The molecule has 7 nitrogen and oxygen atoms in total. The van der Waals surface area contributed by atoms with E-state index in [0.29, 0.717) is 17.2 Å². The summed E-state index contributed by atoms with van der Waals surface area (Å²) in [6.07, 6.45) is -0.761. The summed E-state index contributed by atoms with van der Waals surface area (Å²) in [5.74, 6) is 0.673. The molecular formula is C16H16N2O5. The van der Waals surface area contributed by atoms with Gasteiger partial charge in [0.2, 0.25) is 0 Å². The number of ether oxygens (including phenoxy) is 2. The van der Waals surface area contributed by atoms with Crippen molar-refractivity contribution in [2.45, 2.75) is 13.0 Å². The van der Waals surface area contributed by atoms with Crippen molar-refractivity contribution in [1.82, 2.24) is 0 Å². The molecule has 0 aliphatic carbocycles. The number of benzene rings is 2. The average Bonchev–Trinajstić information content (AvgIpc) is 2.55. The number of nitro benzene ring substituents is 1. The minimum Gasteiger partial charge on any atom is -0.497 e. The smallest absolute Gasteiger partial charge is 0.269 e. The van der Waals surface area contributed by atoms with Crippen molar-refractivity contribution in [2.24, 2.45) is 0 Å². The molecule has 23 heavy (non-hydrogen) atoms. The van der Waals surface area contributed by atoms with Crippen LogP contribution < -0.4 is 14.8 Å². The Morgan fingerprint density at radius 3 is 2.48 bits per heavy atom. The van der Waals surface area contributed by atoms with Crippen molar-refractivity contribution in [3.05, 3.63) is 58.6 Å². The fraction of sp³-hybridized carbons (Fsp3) is 0.188. The SMILES string of the molecule is COc1cccc(NC(=O)[C@H](C)Oc2ccc([N+](=O)[O-])cc2)c1. The van der Waals surface area contributed by atoms with Gasteiger partial charge in [0.1, 0.15) is 11.5 Å². The molecule has 120 valence electrons. The summed E-state index contributed by atoms with van der Waals surface area (Å²) in [6.45, 7) is 1.59. The lowest BCUT2D eigenvalue weighted by Gasteiger charge is -2.15. The quantitative estimate of drug-likeness (QED) is 0.653. The molecule has 2 aromatic rings. The normalized spacial score (nSPS) is 11.4. The molecule has 0 unspecified atom stereocenters. The number of nitrogens with zero attached hydrogens (tertiary/aromatic N) is 1. The Labute approximate surface area is 133 Å². The van der Waals surface area contributed by atoms with Gasteiger partial charge in [-0.05, 0) is 31.2 Å². The van der Waals surface area contributed by atoms with Crippen LogP contribution in [0.4, 0.5) is 11.4 Å². The first-order valence-electron chi connectivity index (χ1n) is 6.85. The fourth-order valence-electron chi connectivity index (χ4n) is 1.85. The van der Waals surface area contributed by atoms with Crippen molar-refractivity contribution in [3.63, 3.8) is 0 Å². The number of nitro groups is 1. The molecule has 1 atom stereocenters. The van der Waals surface area contributed by atoms with Crippen LogP contribution in [0, 0.1) is 10.1 Å². The van der Waals surface area contributed by atoms with E-state index in [0.717, 1.165) is 0 Å². The van der Waals surface area contributed by atoms with E-state index >= 15 is 0 Å². The van der Waals surface area contributed by atoms with Crippen LogP contribution in [0.3, 0.4) is 0 Å². The van der Waals surface area contributed by atoms with E-state index in [1.54, 1.807) is 38.3 Å². The maximum Gasteiger partial charge on any atom is 0.269 e. The Balaban J connectivity index is 1.97. The molecule has 0 heterocycles. The third-order valence-corrected chi connectivity index (χ3v) is 3.07. The molecule has 0 aliphatic rings. The van der Waals surface area contributed by atoms with Gasteiger partial charge in [-0.1, -0.05) is 6.07 Å². The third-order valence-electron chi connectivity index (χ3n) is 3.07. The number of non-ortho nitro benzene ring substituents is 1. The number of amides is 1. The van der Waals surface area contributed by atoms with Gasteiger partial charge >= 0.3 is 0 Å². The number of nitrogens with one attached hydrogen (secondary N) is 1. The van der Waals surface area contributed by atoms with Crippen molar-refractivity contribution in [2.75, 3.05) is 12.4 Å². The summed E-state index contributed by atoms with van der Waals surface area (Å²) in [7, 11) is 1.54. The highest BCUT2D eigenvalue weighted by molar-refractivity contribution is 5.94. The number of carbonyl (C=O) groups excluding carboxylic acids is 1. The Morgan fingerprint density at radius 2 is 1.87 bits per heavy atom. The van der Waals surface area contributed by atoms with Gasteiger partial charge in [0.15, 0.2) is 6.10 Å². The van der Waals surface area contributed by atoms with Crippen LogP contribution in [0.5, 0.6) is 11.5 Å². The van der Waals surface area contributed by atoms with Crippen LogP contribution in [-0.2, 0) is 4.79 Å². The second kappa shape index (κ2) is 7.26. The molecule has 0 saturated carbocycles. The van der Waals surface area contributed by atoms with Crippen LogP contribution in [-0.4, -0.2) is 24.0 Å². The van der Waals surface area contributed by atoms with Crippen molar-refractivity contribution in [1.29, 1.82) is 0 Å². The minimum absolute atomic E-state index is 0.0363. The zero-order chi connectivity index (χ0) is 16.8. The van der Waals surface area contributed by atoms with Crippen molar-refractivity contribution >= 4 is 17.3 Å². The summed E-state index contributed by atoms with van der Waals surface area (Å²) >= 11 is 0. The molecule has 0 spiro atoms. The Morgan fingerprint density at radius 1 is 1.17 bits per heavy atom. The number of rotatable bonds is 6. The van der Waals surface area contributed by atoms with Gasteiger partial charge in [-0.2, -0.15) is 0 Å². The summed E-state index contributed by atoms with van der Waals surface area (Å²) in [5, 5.41) is 13.3.